The molecular weight excluding hydrogens is 234 g/mol. The second-order valence-corrected chi connectivity index (χ2v) is 4.02. The Balaban J connectivity index is 2.87. The number of esters is 1. The maximum atomic E-state index is 11.7. The molecule has 6 nitrogen and oxygen atoms in total. The van der Waals surface area contributed by atoms with Crippen LogP contribution >= 0.6 is 0 Å². The highest BCUT2D eigenvalue weighted by Gasteiger charge is 2.18. The predicted octanol–water partition coefficient (Wildman–Crippen LogP) is 0.731. The van der Waals surface area contributed by atoms with Gasteiger partial charge >= 0.3 is 5.97 Å². The first-order chi connectivity index (χ1) is 8.51. The van der Waals surface area contributed by atoms with Gasteiger partial charge in [-0.25, -0.2) is 10.6 Å². The second kappa shape index (κ2) is 6.20. The number of aryl methyl sites for hydroxylation is 1. The molecule has 1 amide bonds. The van der Waals surface area contributed by atoms with Crippen molar-refractivity contribution in [3.05, 3.63) is 22.5 Å². The summed E-state index contributed by atoms with van der Waals surface area (Å²) in [5, 5.41) is 0. The number of rotatable bonds is 5. The van der Waals surface area contributed by atoms with Gasteiger partial charge in [-0.1, -0.05) is 0 Å². The zero-order valence-corrected chi connectivity index (χ0v) is 10.9. The van der Waals surface area contributed by atoms with Gasteiger partial charge < -0.3 is 9.72 Å². The molecule has 0 bridgehead atoms. The van der Waals surface area contributed by atoms with Crippen molar-refractivity contribution in [3.63, 3.8) is 0 Å². The van der Waals surface area contributed by atoms with Gasteiger partial charge in [0.15, 0.2) is 0 Å². The van der Waals surface area contributed by atoms with Crippen LogP contribution in [0.15, 0.2) is 0 Å². The number of aromatic nitrogens is 1. The highest BCUT2D eigenvalue weighted by Crippen LogP contribution is 2.20. The van der Waals surface area contributed by atoms with E-state index in [9.17, 15) is 9.59 Å². The lowest BCUT2D eigenvalue weighted by molar-refractivity contribution is -0.121. The molecule has 1 aromatic rings. The first-order valence-corrected chi connectivity index (χ1v) is 5.85. The van der Waals surface area contributed by atoms with Crippen molar-refractivity contribution in [2.75, 3.05) is 6.61 Å². The van der Waals surface area contributed by atoms with Crippen LogP contribution in [0.1, 0.15) is 40.7 Å². The Morgan fingerprint density at radius 3 is 2.61 bits per heavy atom. The molecule has 0 radical (unpaired) electrons. The van der Waals surface area contributed by atoms with Gasteiger partial charge in [-0.05, 0) is 38.3 Å². The van der Waals surface area contributed by atoms with Crippen molar-refractivity contribution in [3.8, 4) is 0 Å². The SMILES string of the molecule is CCOC(=O)c1[nH]c(C)c(CCC(=O)NN)c1C. The summed E-state index contributed by atoms with van der Waals surface area (Å²) in [5.74, 6) is 4.43. The van der Waals surface area contributed by atoms with Gasteiger partial charge in [0.2, 0.25) is 5.91 Å². The van der Waals surface area contributed by atoms with Crippen LogP contribution in [0.3, 0.4) is 0 Å². The molecule has 0 aliphatic rings. The van der Waals surface area contributed by atoms with E-state index in [2.05, 4.69) is 10.4 Å². The van der Waals surface area contributed by atoms with Crippen molar-refractivity contribution >= 4 is 11.9 Å². The van der Waals surface area contributed by atoms with Crippen molar-refractivity contribution < 1.29 is 14.3 Å². The number of nitrogens with two attached hydrogens (primary N) is 1. The number of carbonyl (C=O) groups excluding carboxylic acids is 2. The molecule has 0 spiro atoms. The van der Waals surface area contributed by atoms with Crippen LogP contribution in [-0.2, 0) is 16.0 Å². The van der Waals surface area contributed by atoms with Crippen LogP contribution in [0.5, 0.6) is 0 Å². The molecule has 18 heavy (non-hydrogen) atoms. The number of H-pyrrole nitrogens is 1. The Kier molecular flexibility index (Phi) is 4.91. The monoisotopic (exact) mass is 253 g/mol. The lowest BCUT2D eigenvalue weighted by Gasteiger charge is -2.03. The molecule has 0 aromatic carbocycles. The molecule has 0 saturated heterocycles. The lowest BCUT2D eigenvalue weighted by Crippen LogP contribution is -2.30. The van der Waals surface area contributed by atoms with Gasteiger partial charge in [0.05, 0.1) is 6.61 Å². The van der Waals surface area contributed by atoms with Crippen LogP contribution in [-0.4, -0.2) is 23.5 Å². The molecule has 0 aliphatic heterocycles. The third-order valence-corrected chi connectivity index (χ3v) is 2.84. The minimum Gasteiger partial charge on any atom is -0.461 e. The molecule has 6 heteroatoms. The van der Waals surface area contributed by atoms with Gasteiger partial charge in [0.1, 0.15) is 5.69 Å². The minimum absolute atomic E-state index is 0.229. The van der Waals surface area contributed by atoms with Crippen molar-refractivity contribution in [1.29, 1.82) is 0 Å². The third-order valence-electron chi connectivity index (χ3n) is 2.84. The van der Waals surface area contributed by atoms with Gasteiger partial charge in [-0.15, -0.1) is 0 Å². The molecule has 1 heterocycles. The van der Waals surface area contributed by atoms with E-state index >= 15 is 0 Å². The molecule has 0 fully saturated rings. The van der Waals surface area contributed by atoms with E-state index < -0.39 is 0 Å². The van der Waals surface area contributed by atoms with Crippen LogP contribution in [0.2, 0.25) is 0 Å². The zero-order valence-electron chi connectivity index (χ0n) is 10.9. The standard InChI is InChI=1S/C12H19N3O3/c1-4-18-12(17)11-7(2)9(8(3)14-11)5-6-10(16)15-13/h14H,4-6,13H2,1-3H3,(H,15,16). The van der Waals surface area contributed by atoms with Crippen LogP contribution in [0, 0.1) is 13.8 Å². The van der Waals surface area contributed by atoms with E-state index in [0.717, 1.165) is 16.8 Å². The summed E-state index contributed by atoms with van der Waals surface area (Å²) in [7, 11) is 0. The summed E-state index contributed by atoms with van der Waals surface area (Å²) < 4.78 is 4.95. The summed E-state index contributed by atoms with van der Waals surface area (Å²) in [5.41, 5.74) is 5.20. The first-order valence-electron chi connectivity index (χ1n) is 5.85. The number of amides is 1. The maximum Gasteiger partial charge on any atom is 0.355 e. The van der Waals surface area contributed by atoms with Crippen molar-refractivity contribution in [2.24, 2.45) is 5.84 Å². The highest BCUT2D eigenvalue weighted by molar-refractivity contribution is 5.90. The summed E-state index contributed by atoms with van der Waals surface area (Å²) in [6.07, 6.45) is 0.828. The second-order valence-electron chi connectivity index (χ2n) is 4.02. The average Bonchev–Trinajstić information content (AvgIpc) is 2.62. The number of nitrogens with one attached hydrogen (secondary N) is 2. The topological polar surface area (TPSA) is 97.2 Å². The molecule has 4 N–H and O–H groups in total. The fraction of sp³-hybridized carbons (Fsp3) is 0.500. The summed E-state index contributed by atoms with van der Waals surface area (Å²) in [4.78, 5) is 25.8. The number of ether oxygens (including phenoxy) is 1. The van der Waals surface area contributed by atoms with Crippen LogP contribution in [0.25, 0.3) is 0 Å². The Bertz CT molecular complexity index is 452. The fourth-order valence-electron chi connectivity index (χ4n) is 1.88. The van der Waals surface area contributed by atoms with E-state index in [-0.39, 0.29) is 18.3 Å². The number of hydrazine groups is 1. The maximum absolute atomic E-state index is 11.7. The lowest BCUT2D eigenvalue weighted by atomic mass is 10.0. The number of hydrogen-bond donors (Lipinski definition) is 3. The molecule has 0 atom stereocenters. The number of aromatic amines is 1. The quantitative estimate of drug-likeness (QED) is 0.312. The van der Waals surface area contributed by atoms with Gasteiger partial charge in [-0.2, -0.15) is 0 Å². The van der Waals surface area contributed by atoms with Gasteiger partial charge in [0.25, 0.3) is 0 Å². The Morgan fingerprint density at radius 1 is 1.39 bits per heavy atom. The van der Waals surface area contributed by atoms with Gasteiger partial charge in [0, 0.05) is 12.1 Å². The van der Waals surface area contributed by atoms with E-state index in [0.29, 0.717) is 18.7 Å². The molecule has 1 aromatic heterocycles. The fourth-order valence-corrected chi connectivity index (χ4v) is 1.88. The zero-order chi connectivity index (χ0) is 13.7. The normalized spacial score (nSPS) is 10.2. The van der Waals surface area contributed by atoms with E-state index in [1.807, 2.05) is 13.8 Å². The van der Waals surface area contributed by atoms with E-state index in [1.54, 1.807) is 6.92 Å². The summed E-state index contributed by atoms with van der Waals surface area (Å²) >= 11 is 0. The third kappa shape index (κ3) is 3.10. The highest BCUT2D eigenvalue weighted by atomic mass is 16.5. The largest absolute Gasteiger partial charge is 0.461 e. The van der Waals surface area contributed by atoms with Crippen molar-refractivity contribution in [1.82, 2.24) is 10.4 Å². The van der Waals surface area contributed by atoms with Crippen LogP contribution in [0.4, 0.5) is 0 Å². The Labute approximate surface area is 106 Å². The summed E-state index contributed by atoms with van der Waals surface area (Å²) in [6, 6.07) is 0. The smallest absolute Gasteiger partial charge is 0.355 e. The number of carbonyl (C=O) groups is 2. The molecule has 100 valence electrons. The molecular formula is C12H19N3O3. The van der Waals surface area contributed by atoms with E-state index in [1.165, 1.54) is 0 Å². The Hall–Kier alpha value is -1.82. The Morgan fingerprint density at radius 2 is 2.06 bits per heavy atom. The predicted molar refractivity (Wildman–Crippen MR) is 66.9 cm³/mol. The summed E-state index contributed by atoms with van der Waals surface area (Å²) in [6.45, 7) is 5.80. The first kappa shape index (κ1) is 14.2. The molecule has 0 unspecified atom stereocenters. The van der Waals surface area contributed by atoms with Gasteiger partial charge in [-0.3, -0.25) is 10.2 Å². The molecule has 0 aliphatic carbocycles. The minimum atomic E-state index is -0.368. The molecule has 0 saturated carbocycles. The van der Waals surface area contributed by atoms with Crippen LogP contribution < -0.4 is 11.3 Å². The van der Waals surface area contributed by atoms with E-state index in [4.69, 9.17) is 10.6 Å². The average molecular weight is 253 g/mol. The number of hydrogen-bond acceptors (Lipinski definition) is 4. The van der Waals surface area contributed by atoms with Crippen molar-refractivity contribution in [2.45, 2.75) is 33.6 Å². The molecule has 1 rings (SSSR count).